The fourth-order valence-corrected chi connectivity index (χ4v) is 3.73. The van der Waals surface area contributed by atoms with Crippen molar-refractivity contribution in [3.05, 3.63) is 0 Å². The largest absolute Gasteiger partial charge is 0.356 e. The SMILES string of the molecule is O=C1NCCC12CCS(=O)(=O)CC2. The van der Waals surface area contributed by atoms with Crippen LogP contribution in [0.1, 0.15) is 19.3 Å². The first-order valence-corrected chi connectivity index (χ1v) is 6.35. The summed E-state index contributed by atoms with van der Waals surface area (Å²) in [5.74, 6) is 0.420. The minimum atomic E-state index is -2.85. The molecule has 5 heteroatoms. The Bertz CT molecular complexity index is 319. The zero-order valence-corrected chi connectivity index (χ0v) is 8.19. The molecule has 0 aliphatic carbocycles. The highest BCUT2D eigenvalue weighted by molar-refractivity contribution is 7.91. The van der Waals surface area contributed by atoms with E-state index >= 15 is 0 Å². The molecule has 2 rings (SSSR count). The van der Waals surface area contributed by atoms with Gasteiger partial charge >= 0.3 is 0 Å². The van der Waals surface area contributed by atoms with Gasteiger partial charge in [0.05, 0.1) is 16.9 Å². The first kappa shape index (κ1) is 8.99. The standard InChI is InChI=1S/C8H13NO3S/c10-7-8(1-4-9-7)2-5-13(11,12)6-3-8/h1-6H2,(H,9,10). The maximum absolute atomic E-state index is 11.5. The number of nitrogens with one attached hydrogen (secondary N) is 1. The average molecular weight is 203 g/mol. The quantitative estimate of drug-likeness (QED) is 0.588. The van der Waals surface area contributed by atoms with E-state index in [0.717, 1.165) is 6.42 Å². The molecule has 1 spiro atoms. The van der Waals surface area contributed by atoms with Gasteiger partial charge in [-0.15, -0.1) is 0 Å². The molecule has 2 saturated heterocycles. The third-order valence-corrected chi connectivity index (χ3v) is 4.81. The van der Waals surface area contributed by atoms with Crippen LogP contribution in [0.5, 0.6) is 0 Å². The van der Waals surface area contributed by atoms with Gasteiger partial charge in [0.25, 0.3) is 0 Å². The third-order valence-electron chi connectivity index (χ3n) is 3.15. The molecule has 0 unspecified atom stereocenters. The second-order valence-electron chi connectivity index (χ2n) is 3.94. The van der Waals surface area contributed by atoms with Gasteiger partial charge in [-0.2, -0.15) is 0 Å². The van der Waals surface area contributed by atoms with Crippen molar-refractivity contribution in [3.63, 3.8) is 0 Å². The molecule has 0 saturated carbocycles. The Balaban J connectivity index is 2.17. The Labute approximate surface area is 77.6 Å². The van der Waals surface area contributed by atoms with Crippen LogP contribution in [0.3, 0.4) is 0 Å². The van der Waals surface area contributed by atoms with Crippen molar-refractivity contribution in [3.8, 4) is 0 Å². The van der Waals surface area contributed by atoms with E-state index in [9.17, 15) is 13.2 Å². The summed E-state index contributed by atoms with van der Waals surface area (Å²) in [6.45, 7) is 0.707. The van der Waals surface area contributed by atoms with Crippen molar-refractivity contribution in [2.75, 3.05) is 18.1 Å². The second kappa shape index (κ2) is 2.70. The van der Waals surface area contributed by atoms with Gasteiger partial charge in [0.15, 0.2) is 0 Å². The van der Waals surface area contributed by atoms with Crippen molar-refractivity contribution in [2.24, 2.45) is 5.41 Å². The average Bonchev–Trinajstić information content (AvgIpc) is 2.41. The van der Waals surface area contributed by atoms with E-state index in [1.165, 1.54) is 0 Å². The van der Waals surface area contributed by atoms with E-state index < -0.39 is 9.84 Å². The van der Waals surface area contributed by atoms with Crippen molar-refractivity contribution in [1.29, 1.82) is 0 Å². The van der Waals surface area contributed by atoms with Gasteiger partial charge in [-0.1, -0.05) is 0 Å². The molecule has 13 heavy (non-hydrogen) atoms. The molecular formula is C8H13NO3S. The summed E-state index contributed by atoms with van der Waals surface area (Å²) in [7, 11) is -2.85. The first-order valence-electron chi connectivity index (χ1n) is 4.53. The van der Waals surface area contributed by atoms with Gasteiger partial charge in [-0.3, -0.25) is 4.79 Å². The second-order valence-corrected chi connectivity index (χ2v) is 6.24. The molecule has 1 amide bonds. The van der Waals surface area contributed by atoms with Crippen LogP contribution < -0.4 is 5.32 Å². The van der Waals surface area contributed by atoms with E-state index in [-0.39, 0.29) is 22.8 Å². The Hall–Kier alpha value is -0.580. The molecule has 0 radical (unpaired) electrons. The molecule has 2 aliphatic rings. The number of rotatable bonds is 0. The lowest BCUT2D eigenvalue weighted by atomic mass is 9.80. The van der Waals surface area contributed by atoms with E-state index in [1.807, 2.05) is 0 Å². The van der Waals surface area contributed by atoms with Gasteiger partial charge in [-0.25, -0.2) is 8.42 Å². The molecule has 4 nitrogen and oxygen atoms in total. The van der Waals surface area contributed by atoms with Gasteiger partial charge in [0, 0.05) is 6.54 Å². The smallest absolute Gasteiger partial charge is 0.226 e. The summed E-state index contributed by atoms with van der Waals surface area (Å²) < 4.78 is 22.3. The van der Waals surface area contributed by atoms with Crippen LogP contribution >= 0.6 is 0 Å². The maximum Gasteiger partial charge on any atom is 0.226 e. The maximum atomic E-state index is 11.5. The predicted molar refractivity (Wildman–Crippen MR) is 47.9 cm³/mol. The summed E-state index contributed by atoms with van der Waals surface area (Å²) in [6, 6.07) is 0. The highest BCUT2D eigenvalue weighted by atomic mass is 32.2. The Kier molecular flexibility index (Phi) is 1.87. The van der Waals surface area contributed by atoms with Gasteiger partial charge in [0.2, 0.25) is 5.91 Å². The summed E-state index contributed by atoms with van der Waals surface area (Å²) >= 11 is 0. The van der Waals surface area contributed by atoms with Crippen molar-refractivity contribution in [1.82, 2.24) is 5.32 Å². The molecule has 0 aromatic rings. The van der Waals surface area contributed by atoms with E-state index in [2.05, 4.69) is 5.32 Å². The lowest BCUT2D eigenvalue weighted by molar-refractivity contribution is -0.128. The minimum Gasteiger partial charge on any atom is -0.356 e. The zero-order chi connectivity index (χ0) is 9.53. The number of carbonyl (C=O) groups is 1. The van der Waals surface area contributed by atoms with Gasteiger partial charge in [-0.05, 0) is 19.3 Å². The first-order chi connectivity index (χ1) is 6.04. The monoisotopic (exact) mass is 203 g/mol. The van der Waals surface area contributed by atoms with Crippen LogP contribution in [0, 0.1) is 5.41 Å². The highest BCUT2D eigenvalue weighted by Crippen LogP contribution is 2.38. The molecule has 1 N–H and O–H groups in total. The number of amides is 1. The molecule has 2 aliphatic heterocycles. The van der Waals surface area contributed by atoms with E-state index in [4.69, 9.17) is 0 Å². The van der Waals surface area contributed by atoms with Crippen LogP contribution in [0.4, 0.5) is 0 Å². The Morgan fingerprint density at radius 1 is 1.15 bits per heavy atom. The van der Waals surface area contributed by atoms with Crippen LogP contribution in [0.25, 0.3) is 0 Å². The molecule has 74 valence electrons. The minimum absolute atomic E-state index is 0.0578. The highest BCUT2D eigenvalue weighted by Gasteiger charge is 2.45. The van der Waals surface area contributed by atoms with E-state index in [1.54, 1.807) is 0 Å². The molecular weight excluding hydrogens is 190 g/mol. The fraction of sp³-hybridized carbons (Fsp3) is 0.875. The lowest BCUT2D eigenvalue weighted by Gasteiger charge is -2.29. The third kappa shape index (κ3) is 1.45. The Morgan fingerprint density at radius 3 is 2.23 bits per heavy atom. The molecule has 2 heterocycles. The van der Waals surface area contributed by atoms with Crippen LogP contribution in [-0.4, -0.2) is 32.4 Å². The fourth-order valence-electron chi connectivity index (χ4n) is 2.12. The van der Waals surface area contributed by atoms with Crippen molar-refractivity contribution >= 4 is 15.7 Å². The van der Waals surface area contributed by atoms with Crippen molar-refractivity contribution < 1.29 is 13.2 Å². The topological polar surface area (TPSA) is 63.2 Å². The molecule has 0 atom stereocenters. The van der Waals surface area contributed by atoms with E-state index in [0.29, 0.717) is 19.4 Å². The van der Waals surface area contributed by atoms with Crippen LogP contribution in [-0.2, 0) is 14.6 Å². The summed E-state index contributed by atoms with van der Waals surface area (Å²) in [5, 5.41) is 2.77. The normalized spacial score (nSPS) is 30.3. The summed E-state index contributed by atoms with van der Waals surface area (Å²) in [5.41, 5.74) is -0.342. The van der Waals surface area contributed by atoms with Crippen molar-refractivity contribution in [2.45, 2.75) is 19.3 Å². The van der Waals surface area contributed by atoms with Gasteiger partial charge in [0.1, 0.15) is 9.84 Å². The number of carbonyl (C=O) groups excluding carboxylic acids is 1. The lowest BCUT2D eigenvalue weighted by Crippen LogP contribution is -2.39. The molecule has 2 fully saturated rings. The number of sulfone groups is 1. The summed E-state index contributed by atoms with van der Waals surface area (Å²) in [6.07, 6.45) is 1.84. The predicted octanol–water partition coefficient (Wildman–Crippen LogP) is -0.299. The number of hydrogen-bond donors (Lipinski definition) is 1. The molecule has 0 aromatic carbocycles. The van der Waals surface area contributed by atoms with Gasteiger partial charge < -0.3 is 5.32 Å². The van der Waals surface area contributed by atoms with Crippen LogP contribution in [0.2, 0.25) is 0 Å². The summed E-state index contributed by atoms with van der Waals surface area (Å²) in [4.78, 5) is 11.5. The Morgan fingerprint density at radius 2 is 1.77 bits per heavy atom. The molecule has 0 bridgehead atoms. The zero-order valence-electron chi connectivity index (χ0n) is 7.38. The molecule has 0 aromatic heterocycles. The number of hydrogen-bond acceptors (Lipinski definition) is 3. The van der Waals surface area contributed by atoms with Crippen LogP contribution in [0.15, 0.2) is 0 Å².